The van der Waals surface area contributed by atoms with Crippen LogP contribution in [0.3, 0.4) is 0 Å². The second-order valence-electron chi connectivity index (χ2n) is 4.15. The molecule has 0 aromatic carbocycles. The Morgan fingerprint density at radius 3 is 2.11 bits per heavy atom. The van der Waals surface area contributed by atoms with E-state index in [1.807, 2.05) is 27.7 Å². The van der Waals surface area contributed by atoms with E-state index in [1.54, 1.807) is 6.92 Å². The number of nitrogens with two attached hydrogens (primary N) is 1. The van der Waals surface area contributed by atoms with E-state index in [1.165, 1.54) is 11.8 Å². The summed E-state index contributed by atoms with van der Waals surface area (Å²) in [6.07, 6.45) is -0.125. The number of thioether (sulfide) groups is 1. The van der Waals surface area contributed by atoms with Gasteiger partial charge in [0, 0.05) is 0 Å². The third kappa shape index (κ3) is 9.05. The second-order valence-corrected chi connectivity index (χ2v) is 8.26. The van der Waals surface area contributed by atoms with Gasteiger partial charge in [-0.2, -0.15) is 0 Å². The Bertz CT molecular complexity index is 345. The van der Waals surface area contributed by atoms with Crippen molar-refractivity contribution in [3.63, 3.8) is 0 Å². The fraction of sp³-hybridized carbons (Fsp3) is 0.800. The molecule has 0 aliphatic heterocycles. The lowest BCUT2D eigenvalue weighted by atomic mass is 10.5. The van der Waals surface area contributed by atoms with Crippen LogP contribution in [0, 0.1) is 0 Å². The van der Waals surface area contributed by atoms with Crippen molar-refractivity contribution in [1.82, 2.24) is 0 Å². The maximum absolute atomic E-state index is 10.7. The summed E-state index contributed by atoms with van der Waals surface area (Å²) in [5, 5.41) is 0.651. The Labute approximate surface area is 118 Å². The molecule has 1 amide bonds. The molecule has 0 bridgehead atoms. The first kappa shape index (κ1) is 18.1. The Morgan fingerprint density at radius 2 is 1.78 bits per heavy atom. The van der Waals surface area contributed by atoms with Gasteiger partial charge in [0.15, 0.2) is 0 Å². The van der Waals surface area contributed by atoms with Crippen molar-refractivity contribution in [2.45, 2.75) is 46.8 Å². The summed E-state index contributed by atoms with van der Waals surface area (Å²) in [7, 11) is 0. The van der Waals surface area contributed by atoms with Crippen molar-refractivity contribution in [1.29, 1.82) is 0 Å². The van der Waals surface area contributed by atoms with E-state index in [0.717, 1.165) is 0 Å². The highest BCUT2D eigenvalue weighted by Crippen LogP contribution is 2.53. The molecule has 0 aliphatic carbocycles. The predicted molar refractivity (Wildman–Crippen MR) is 81.5 cm³/mol. The quantitative estimate of drug-likeness (QED) is 0.444. The van der Waals surface area contributed by atoms with Crippen LogP contribution in [0.2, 0.25) is 0 Å². The van der Waals surface area contributed by atoms with Gasteiger partial charge in [-0.3, -0.25) is 4.79 Å². The molecule has 106 valence electrons. The lowest BCUT2D eigenvalue weighted by Gasteiger charge is -2.22. The Balaban J connectivity index is 4.80. The Kier molecular flexibility index (Phi) is 8.30. The molecular formula is C10H21N2O3PS2. The molecule has 0 spiro atoms. The zero-order chi connectivity index (χ0) is 14.3. The van der Waals surface area contributed by atoms with E-state index >= 15 is 0 Å². The summed E-state index contributed by atoms with van der Waals surface area (Å²) >= 11 is 6.60. The molecule has 2 N–H and O–H groups in total. The molecule has 0 aromatic rings. The lowest BCUT2D eigenvalue weighted by molar-refractivity contribution is -0.115. The zero-order valence-corrected chi connectivity index (χ0v) is 13.9. The molecule has 0 heterocycles. The monoisotopic (exact) mass is 312 g/mol. The highest BCUT2D eigenvalue weighted by molar-refractivity contribution is 8.15. The number of rotatable bonds is 7. The van der Waals surface area contributed by atoms with E-state index in [0.29, 0.717) is 5.04 Å². The summed E-state index contributed by atoms with van der Waals surface area (Å²) in [6.45, 7) is 6.59. The number of hydrogen-bond acceptors (Lipinski definition) is 5. The summed E-state index contributed by atoms with van der Waals surface area (Å²) in [4.78, 5) is 10.7. The van der Waals surface area contributed by atoms with E-state index in [2.05, 4.69) is 4.76 Å². The molecule has 5 nitrogen and oxygen atoms in total. The molecule has 0 radical (unpaired) electrons. The van der Waals surface area contributed by atoms with E-state index in [9.17, 15) is 4.79 Å². The third-order valence-electron chi connectivity index (χ3n) is 1.37. The minimum Gasteiger partial charge on any atom is -0.369 e. The van der Waals surface area contributed by atoms with Crippen LogP contribution in [0.15, 0.2) is 4.76 Å². The van der Waals surface area contributed by atoms with Crippen molar-refractivity contribution < 1.29 is 13.8 Å². The van der Waals surface area contributed by atoms with E-state index < -0.39 is 12.5 Å². The van der Waals surface area contributed by atoms with Crippen LogP contribution in [0.25, 0.3) is 0 Å². The number of amides is 1. The maximum Gasteiger partial charge on any atom is 0.310 e. The van der Waals surface area contributed by atoms with Crippen molar-refractivity contribution in [2.24, 2.45) is 10.5 Å². The van der Waals surface area contributed by atoms with Crippen molar-refractivity contribution in [3.8, 4) is 0 Å². The predicted octanol–water partition coefficient (Wildman–Crippen LogP) is 2.70. The molecular weight excluding hydrogens is 291 g/mol. The minimum atomic E-state index is -2.70. The molecule has 18 heavy (non-hydrogen) atoms. The fourth-order valence-corrected chi connectivity index (χ4v) is 5.00. The first-order valence-electron chi connectivity index (χ1n) is 5.59. The normalized spacial score (nSPS) is 13.4. The SMILES string of the molecule is C/C(=N\P(=S)(OC(C)C)OC(C)C)SCC(N)=O. The van der Waals surface area contributed by atoms with Crippen LogP contribution in [0.5, 0.6) is 0 Å². The average molecular weight is 312 g/mol. The van der Waals surface area contributed by atoms with Gasteiger partial charge < -0.3 is 14.8 Å². The Hall–Kier alpha value is 0.0600. The van der Waals surface area contributed by atoms with Crippen molar-refractivity contribution in [3.05, 3.63) is 0 Å². The third-order valence-corrected chi connectivity index (χ3v) is 5.13. The summed E-state index contributed by atoms with van der Waals surface area (Å²) in [6, 6.07) is 0. The van der Waals surface area contributed by atoms with Gasteiger partial charge in [-0.05, 0) is 46.4 Å². The van der Waals surface area contributed by atoms with Crippen LogP contribution in [-0.2, 0) is 25.6 Å². The van der Waals surface area contributed by atoms with Gasteiger partial charge in [0.05, 0.1) is 23.0 Å². The van der Waals surface area contributed by atoms with Gasteiger partial charge in [0.2, 0.25) is 5.91 Å². The lowest BCUT2D eigenvalue weighted by Crippen LogP contribution is -2.14. The van der Waals surface area contributed by atoms with Crippen LogP contribution >= 0.6 is 18.4 Å². The molecule has 8 heteroatoms. The first-order chi connectivity index (χ1) is 8.14. The van der Waals surface area contributed by atoms with Crippen molar-refractivity contribution in [2.75, 3.05) is 5.75 Å². The number of carbonyl (C=O) groups is 1. The molecule has 0 unspecified atom stereocenters. The van der Waals surface area contributed by atoms with Crippen molar-refractivity contribution >= 4 is 41.2 Å². The van der Waals surface area contributed by atoms with Crippen LogP contribution in [0.4, 0.5) is 0 Å². The smallest absolute Gasteiger partial charge is 0.310 e. The number of nitrogens with zero attached hydrogens (tertiary/aromatic N) is 1. The summed E-state index contributed by atoms with van der Waals surface area (Å²) in [5.74, 6) is -0.217. The van der Waals surface area contributed by atoms with Gasteiger partial charge in [0.1, 0.15) is 0 Å². The number of hydrogen-bond donors (Lipinski definition) is 1. The van der Waals surface area contributed by atoms with E-state index in [-0.39, 0.29) is 18.0 Å². The molecule has 0 atom stereocenters. The van der Waals surface area contributed by atoms with Crippen LogP contribution in [-0.4, -0.2) is 28.9 Å². The highest BCUT2D eigenvalue weighted by Gasteiger charge is 2.22. The summed E-state index contributed by atoms with van der Waals surface area (Å²) in [5.41, 5.74) is 5.07. The number of primary amides is 1. The zero-order valence-electron chi connectivity index (χ0n) is 11.4. The fourth-order valence-electron chi connectivity index (χ4n) is 0.982. The van der Waals surface area contributed by atoms with Crippen LogP contribution < -0.4 is 5.73 Å². The summed E-state index contributed by atoms with van der Waals surface area (Å²) < 4.78 is 15.5. The van der Waals surface area contributed by atoms with Gasteiger partial charge >= 0.3 is 6.64 Å². The van der Waals surface area contributed by atoms with Crippen LogP contribution in [0.1, 0.15) is 34.6 Å². The largest absolute Gasteiger partial charge is 0.369 e. The topological polar surface area (TPSA) is 73.9 Å². The maximum atomic E-state index is 10.7. The molecule has 0 saturated carbocycles. The second kappa shape index (κ2) is 8.27. The first-order valence-corrected chi connectivity index (χ1v) is 9.17. The highest BCUT2D eigenvalue weighted by atomic mass is 32.5. The van der Waals surface area contributed by atoms with Gasteiger partial charge in [-0.25, -0.2) is 4.76 Å². The molecule has 0 saturated heterocycles. The minimum absolute atomic E-state index is 0.0627. The molecule has 0 aromatic heterocycles. The standard InChI is InChI=1S/C10H21N2O3PS2/c1-7(2)14-16(17,15-8(3)4)12-9(5)18-6-10(11)13/h7-8H,6H2,1-5H3,(H2,11,13)/b12-9+. The molecule has 0 rings (SSSR count). The molecule has 0 aliphatic rings. The van der Waals surface area contributed by atoms with Gasteiger partial charge in [-0.1, -0.05) is 0 Å². The van der Waals surface area contributed by atoms with E-state index in [4.69, 9.17) is 26.6 Å². The average Bonchev–Trinajstić information content (AvgIpc) is 2.10. The number of carbonyl (C=O) groups excluding carboxylic acids is 1. The van der Waals surface area contributed by atoms with Gasteiger partial charge in [-0.15, -0.1) is 11.8 Å². The Morgan fingerprint density at radius 1 is 1.33 bits per heavy atom. The van der Waals surface area contributed by atoms with Gasteiger partial charge in [0.25, 0.3) is 0 Å². The molecule has 0 fully saturated rings.